The molecule has 1 aromatic heterocycles. The van der Waals surface area contributed by atoms with Gasteiger partial charge in [0.05, 0.1) is 5.69 Å². The average molecular weight is 283 g/mol. The van der Waals surface area contributed by atoms with Gasteiger partial charge in [-0.2, -0.15) is 0 Å². The van der Waals surface area contributed by atoms with E-state index in [9.17, 15) is 4.39 Å². The summed E-state index contributed by atoms with van der Waals surface area (Å²) in [4.78, 5) is 0. The second kappa shape index (κ2) is 5.72. The Morgan fingerprint density at radius 3 is 2.68 bits per heavy atom. The van der Waals surface area contributed by atoms with E-state index in [4.69, 9.17) is 21.9 Å². The molecule has 2 aromatic rings. The Labute approximate surface area is 116 Å². The molecule has 3 nitrogen and oxygen atoms in total. The van der Waals surface area contributed by atoms with E-state index in [1.54, 1.807) is 12.1 Å². The Bertz CT molecular complexity index is 543. The third-order valence-corrected chi connectivity index (χ3v) is 3.65. The van der Waals surface area contributed by atoms with Gasteiger partial charge in [0.25, 0.3) is 0 Å². The number of aryl methyl sites for hydroxylation is 2. The van der Waals surface area contributed by atoms with Crippen LogP contribution in [0.25, 0.3) is 0 Å². The van der Waals surface area contributed by atoms with E-state index in [1.165, 1.54) is 6.07 Å². The van der Waals surface area contributed by atoms with Crippen LogP contribution in [-0.4, -0.2) is 11.7 Å². The molecule has 0 saturated carbocycles. The van der Waals surface area contributed by atoms with Gasteiger partial charge in [-0.05, 0) is 38.9 Å². The molecule has 0 bridgehead atoms. The summed E-state index contributed by atoms with van der Waals surface area (Å²) in [6, 6.07) is 4.66. The maximum Gasteiger partial charge on any atom is 0.137 e. The van der Waals surface area contributed by atoms with Crippen LogP contribution < -0.4 is 5.73 Å². The highest BCUT2D eigenvalue weighted by atomic mass is 35.5. The molecular formula is C14H16ClFN2O. The van der Waals surface area contributed by atoms with Gasteiger partial charge >= 0.3 is 0 Å². The molecule has 0 radical (unpaired) electrons. The molecule has 0 amide bonds. The number of hydrogen-bond acceptors (Lipinski definition) is 3. The molecule has 1 heterocycles. The first-order chi connectivity index (χ1) is 9.04. The predicted molar refractivity (Wildman–Crippen MR) is 72.9 cm³/mol. The van der Waals surface area contributed by atoms with Gasteiger partial charge in [-0.15, -0.1) is 0 Å². The van der Waals surface area contributed by atoms with E-state index >= 15 is 0 Å². The van der Waals surface area contributed by atoms with Crippen molar-refractivity contribution in [3.05, 3.63) is 51.6 Å². The quantitative estimate of drug-likeness (QED) is 0.935. The van der Waals surface area contributed by atoms with Crippen LogP contribution >= 0.6 is 11.6 Å². The van der Waals surface area contributed by atoms with Crippen LogP contribution in [0, 0.1) is 19.7 Å². The number of aromatic nitrogens is 1. The van der Waals surface area contributed by atoms with Gasteiger partial charge in [0.15, 0.2) is 0 Å². The second-order valence-electron chi connectivity index (χ2n) is 4.57. The fourth-order valence-corrected chi connectivity index (χ4v) is 2.56. The van der Waals surface area contributed by atoms with E-state index in [0.29, 0.717) is 23.6 Å². The molecule has 0 fully saturated rings. The van der Waals surface area contributed by atoms with E-state index in [1.807, 2.05) is 13.8 Å². The Morgan fingerprint density at radius 1 is 1.42 bits per heavy atom. The summed E-state index contributed by atoms with van der Waals surface area (Å²) < 4.78 is 19.1. The second-order valence-corrected chi connectivity index (χ2v) is 4.98. The number of rotatable bonds is 4. The molecular weight excluding hydrogens is 267 g/mol. The summed E-state index contributed by atoms with van der Waals surface area (Å²) in [7, 11) is 0. The van der Waals surface area contributed by atoms with Crippen LogP contribution in [0.5, 0.6) is 0 Å². The minimum absolute atomic E-state index is 0.189. The molecule has 2 N–H and O–H groups in total. The number of nitrogens with two attached hydrogens (primary N) is 1. The van der Waals surface area contributed by atoms with Crippen molar-refractivity contribution in [3.63, 3.8) is 0 Å². The van der Waals surface area contributed by atoms with E-state index in [-0.39, 0.29) is 11.7 Å². The minimum Gasteiger partial charge on any atom is -0.361 e. The Kier molecular flexibility index (Phi) is 4.22. The fourth-order valence-electron chi connectivity index (χ4n) is 2.24. The van der Waals surface area contributed by atoms with Gasteiger partial charge in [0, 0.05) is 22.1 Å². The SMILES string of the molecule is Cc1noc(C)c1CC(CN)c1c(F)cccc1Cl. The van der Waals surface area contributed by atoms with Crippen molar-refractivity contribution < 1.29 is 8.91 Å². The zero-order valence-electron chi connectivity index (χ0n) is 10.9. The van der Waals surface area contributed by atoms with Crippen molar-refractivity contribution in [2.24, 2.45) is 5.73 Å². The van der Waals surface area contributed by atoms with Crippen molar-refractivity contribution in [3.8, 4) is 0 Å². The van der Waals surface area contributed by atoms with Gasteiger partial charge in [0.1, 0.15) is 11.6 Å². The molecule has 1 unspecified atom stereocenters. The first kappa shape index (κ1) is 14.0. The number of hydrogen-bond donors (Lipinski definition) is 1. The van der Waals surface area contributed by atoms with Crippen molar-refractivity contribution >= 4 is 11.6 Å². The monoisotopic (exact) mass is 282 g/mol. The fraction of sp³-hybridized carbons (Fsp3) is 0.357. The third kappa shape index (κ3) is 2.80. The zero-order chi connectivity index (χ0) is 14.0. The molecule has 0 spiro atoms. The number of nitrogens with zero attached hydrogens (tertiary/aromatic N) is 1. The maximum atomic E-state index is 13.9. The summed E-state index contributed by atoms with van der Waals surface area (Å²) >= 11 is 6.09. The summed E-state index contributed by atoms with van der Waals surface area (Å²) in [6.07, 6.45) is 0.568. The Balaban J connectivity index is 2.36. The van der Waals surface area contributed by atoms with Crippen molar-refractivity contribution in [1.82, 2.24) is 5.16 Å². The standard InChI is InChI=1S/C14H16ClFN2O/c1-8-11(9(2)19-18-8)6-10(7-17)14-12(15)4-3-5-13(14)16/h3-5,10H,6-7,17H2,1-2H3. The van der Waals surface area contributed by atoms with E-state index < -0.39 is 0 Å². The largest absolute Gasteiger partial charge is 0.361 e. The first-order valence-electron chi connectivity index (χ1n) is 6.10. The highest BCUT2D eigenvalue weighted by Crippen LogP contribution is 2.30. The molecule has 2 rings (SSSR count). The van der Waals surface area contributed by atoms with Gasteiger partial charge in [-0.1, -0.05) is 22.8 Å². The smallest absolute Gasteiger partial charge is 0.137 e. The lowest BCUT2D eigenvalue weighted by Gasteiger charge is -2.17. The van der Waals surface area contributed by atoms with Gasteiger partial charge in [-0.25, -0.2) is 4.39 Å². The molecule has 102 valence electrons. The molecule has 1 atom stereocenters. The topological polar surface area (TPSA) is 52.0 Å². The van der Waals surface area contributed by atoms with Crippen LogP contribution in [0.4, 0.5) is 4.39 Å². The molecule has 0 aliphatic heterocycles. The summed E-state index contributed by atoms with van der Waals surface area (Å²) in [5.41, 5.74) is 8.02. The lowest BCUT2D eigenvalue weighted by molar-refractivity contribution is 0.392. The number of benzene rings is 1. The molecule has 1 aromatic carbocycles. The van der Waals surface area contributed by atoms with Crippen molar-refractivity contribution in [2.75, 3.05) is 6.54 Å². The van der Waals surface area contributed by atoms with Crippen molar-refractivity contribution in [1.29, 1.82) is 0 Å². The van der Waals surface area contributed by atoms with Crippen LogP contribution in [0.3, 0.4) is 0 Å². The Morgan fingerprint density at radius 2 is 2.16 bits per heavy atom. The van der Waals surface area contributed by atoms with Crippen LogP contribution in [0.15, 0.2) is 22.7 Å². The predicted octanol–water partition coefficient (Wildman–Crippen LogP) is 3.37. The van der Waals surface area contributed by atoms with Gasteiger partial charge in [0.2, 0.25) is 0 Å². The molecule has 19 heavy (non-hydrogen) atoms. The first-order valence-corrected chi connectivity index (χ1v) is 6.48. The van der Waals surface area contributed by atoms with Crippen LogP contribution in [0.1, 0.15) is 28.5 Å². The minimum atomic E-state index is -0.324. The van der Waals surface area contributed by atoms with Crippen LogP contribution in [-0.2, 0) is 6.42 Å². The number of halogens is 2. The third-order valence-electron chi connectivity index (χ3n) is 3.32. The van der Waals surface area contributed by atoms with Crippen LogP contribution in [0.2, 0.25) is 5.02 Å². The Hall–Kier alpha value is -1.39. The highest BCUT2D eigenvalue weighted by Gasteiger charge is 2.21. The average Bonchev–Trinajstić information content (AvgIpc) is 2.68. The van der Waals surface area contributed by atoms with E-state index in [0.717, 1.165) is 17.0 Å². The zero-order valence-corrected chi connectivity index (χ0v) is 11.7. The lowest BCUT2D eigenvalue weighted by Crippen LogP contribution is -2.17. The molecule has 0 aliphatic rings. The molecule has 5 heteroatoms. The summed E-state index contributed by atoms with van der Waals surface area (Å²) in [5.74, 6) is 0.226. The van der Waals surface area contributed by atoms with E-state index in [2.05, 4.69) is 5.16 Å². The highest BCUT2D eigenvalue weighted by molar-refractivity contribution is 6.31. The van der Waals surface area contributed by atoms with Gasteiger partial charge < -0.3 is 10.3 Å². The maximum absolute atomic E-state index is 13.9. The molecule has 0 saturated heterocycles. The summed E-state index contributed by atoms with van der Waals surface area (Å²) in [6.45, 7) is 4.01. The van der Waals surface area contributed by atoms with Gasteiger partial charge in [-0.3, -0.25) is 0 Å². The summed E-state index contributed by atoms with van der Waals surface area (Å²) in [5, 5.41) is 4.30. The van der Waals surface area contributed by atoms with Crippen molar-refractivity contribution in [2.45, 2.75) is 26.2 Å². The molecule has 0 aliphatic carbocycles. The lowest BCUT2D eigenvalue weighted by atomic mass is 9.91. The normalized spacial score (nSPS) is 12.7.